The maximum Gasteiger partial charge on any atom is 0.208 e. The van der Waals surface area contributed by atoms with Gasteiger partial charge in [-0.2, -0.15) is 0 Å². The van der Waals surface area contributed by atoms with Crippen LogP contribution in [0.3, 0.4) is 0 Å². The number of sulfonamides is 1. The van der Waals surface area contributed by atoms with Gasteiger partial charge in [0.2, 0.25) is 10.0 Å². The minimum atomic E-state index is -3.16. The summed E-state index contributed by atoms with van der Waals surface area (Å²) in [6, 6.07) is 7.61. The summed E-state index contributed by atoms with van der Waals surface area (Å²) in [6.07, 6.45) is 1.13. The van der Waals surface area contributed by atoms with E-state index < -0.39 is 10.0 Å². The average molecular weight is 461 g/mol. The zero-order chi connectivity index (χ0) is 15.9. The first-order valence-corrected chi connectivity index (χ1v) is 8.76. The van der Waals surface area contributed by atoms with Crippen LogP contribution in [0, 0.1) is 0 Å². The normalized spacial score (nSPS) is 13.2. The van der Waals surface area contributed by atoms with E-state index in [9.17, 15) is 8.42 Å². The molecule has 0 aromatic heterocycles. The van der Waals surface area contributed by atoms with Gasteiger partial charge in [0.05, 0.1) is 12.3 Å². The second-order valence-corrected chi connectivity index (χ2v) is 6.85. The fourth-order valence-electron chi connectivity index (χ4n) is 1.65. The first kappa shape index (κ1) is 21.4. The van der Waals surface area contributed by atoms with Gasteiger partial charge in [-0.15, -0.1) is 24.0 Å². The molecular weight excluding hydrogens is 439 g/mol. The lowest BCUT2D eigenvalue weighted by Gasteiger charge is -2.18. The Morgan fingerprint density at radius 1 is 1.27 bits per heavy atom. The van der Waals surface area contributed by atoms with Crippen molar-refractivity contribution in [3.8, 4) is 0 Å². The highest BCUT2D eigenvalue weighted by Gasteiger charge is 2.07. The van der Waals surface area contributed by atoms with Gasteiger partial charge >= 0.3 is 0 Å². The van der Waals surface area contributed by atoms with Crippen molar-refractivity contribution < 1.29 is 8.42 Å². The van der Waals surface area contributed by atoms with E-state index in [4.69, 9.17) is 11.6 Å². The average Bonchev–Trinajstić information content (AvgIpc) is 2.41. The molecule has 126 valence electrons. The number of hydrogen-bond acceptors (Lipinski definition) is 3. The molecule has 0 saturated heterocycles. The summed E-state index contributed by atoms with van der Waals surface area (Å²) in [5.41, 5.74) is 1.08. The molecule has 1 atom stereocenters. The van der Waals surface area contributed by atoms with E-state index >= 15 is 0 Å². The predicted molar refractivity (Wildman–Crippen MR) is 103 cm³/mol. The van der Waals surface area contributed by atoms with Crippen LogP contribution in [-0.4, -0.2) is 40.8 Å². The van der Waals surface area contributed by atoms with Gasteiger partial charge in [0.15, 0.2) is 5.96 Å². The van der Waals surface area contributed by atoms with E-state index in [1.807, 2.05) is 31.2 Å². The van der Waals surface area contributed by atoms with Gasteiger partial charge < -0.3 is 10.6 Å². The Balaban J connectivity index is 0.00000441. The van der Waals surface area contributed by atoms with Crippen LogP contribution in [0.25, 0.3) is 0 Å². The Labute approximate surface area is 154 Å². The molecule has 0 aliphatic carbocycles. The molecule has 1 unspecified atom stereocenters. The number of rotatable bonds is 6. The van der Waals surface area contributed by atoms with Crippen molar-refractivity contribution in [2.75, 3.05) is 26.4 Å². The summed E-state index contributed by atoms with van der Waals surface area (Å²) in [5.74, 6) is 0.604. The first-order valence-electron chi connectivity index (χ1n) is 6.49. The molecule has 0 spiro atoms. The predicted octanol–water partition coefficient (Wildman–Crippen LogP) is 1.73. The fourth-order valence-corrected chi connectivity index (χ4v) is 2.25. The molecule has 1 aromatic rings. The molecule has 0 saturated carbocycles. The molecule has 0 aliphatic rings. The molecule has 0 fully saturated rings. The second kappa shape index (κ2) is 10.2. The maximum atomic E-state index is 10.9. The summed E-state index contributed by atoms with van der Waals surface area (Å²) < 4.78 is 24.3. The van der Waals surface area contributed by atoms with Crippen LogP contribution in [0.4, 0.5) is 0 Å². The van der Waals surface area contributed by atoms with Crippen LogP contribution in [0.2, 0.25) is 5.02 Å². The number of halogens is 2. The third kappa shape index (κ3) is 8.76. The van der Waals surface area contributed by atoms with E-state index in [-0.39, 0.29) is 30.0 Å². The quantitative estimate of drug-likeness (QED) is 0.261. The lowest BCUT2D eigenvalue weighted by Crippen LogP contribution is -2.42. The third-order valence-corrected chi connectivity index (χ3v) is 3.71. The van der Waals surface area contributed by atoms with Gasteiger partial charge in [-0.1, -0.05) is 23.7 Å². The monoisotopic (exact) mass is 460 g/mol. The number of nitrogens with one attached hydrogen (secondary N) is 3. The Kier molecular flexibility index (Phi) is 9.97. The van der Waals surface area contributed by atoms with E-state index in [0.717, 1.165) is 11.8 Å². The molecule has 1 rings (SSSR count). The maximum absolute atomic E-state index is 10.9. The van der Waals surface area contributed by atoms with Gasteiger partial charge in [-0.3, -0.25) is 4.99 Å². The lowest BCUT2D eigenvalue weighted by molar-refractivity contribution is 0.586. The summed E-state index contributed by atoms with van der Waals surface area (Å²) in [6.45, 7) is 2.75. The largest absolute Gasteiger partial charge is 0.355 e. The molecule has 6 nitrogen and oxygen atoms in total. The zero-order valence-corrected chi connectivity index (χ0v) is 16.7. The van der Waals surface area contributed by atoms with Crippen molar-refractivity contribution >= 4 is 51.6 Å². The van der Waals surface area contributed by atoms with Gasteiger partial charge in [0.1, 0.15) is 0 Å². The first-order chi connectivity index (χ1) is 9.81. The fraction of sp³-hybridized carbons (Fsp3) is 0.462. The molecule has 0 aliphatic heterocycles. The molecule has 0 bridgehead atoms. The van der Waals surface area contributed by atoms with Gasteiger partial charge in [0, 0.05) is 25.2 Å². The summed E-state index contributed by atoms with van der Waals surface area (Å²) >= 11 is 5.86. The Morgan fingerprint density at radius 2 is 1.86 bits per heavy atom. The van der Waals surface area contributed by atoms with E-state index in [1.165, 1.54) is 0 Å². The third-order valence-electron chi connectivity index (χ3n) is 2.73. The van der Waals surface area contributed by atoms with Gasteiger partial charge in [0.25, 0.3) is 0 Å². The smallest absolute Gasteiger partial charge is 0.208 e. The number of aliphatic imine (C=N–C) groups is 1. The molecular formula is C13H22ClIN4O2S. The van der Waals surface area contributed by atoms with Gasteiger partial charge in [-0.25, -0.2) is 13.1 Å². The SMILES string of the molecule is CN=C(NCCNS(C)(=O)=O)NC(C)c1ccc(Cl)cc1.I. The summed E-state index contributed by atoms with van der Waals surface area (Å²) in [5, 5.41) is 6.95. The molecule has 0 amide bonds. The highest BCUT2D eigenvalue weighted by atomic mass is 127. The number of guanidine groups is 1. The molecule has 22 heavy (non-hydrogen) atoms. The Morgan fingerprint density at radius 3 is 2.36 bits per heavy atom. The molecule has 1 aromatic carbocycles. The van der Waals surface area contributed by atoms with Crippen LogP contribution in [-0.2, 0) is 10.0 Å². The standard InChI is InChI=1S/C13H21ClN4O2S.HI/c1-10(11-4-6-12(14)7-5-11)18-13(15-2)16-8-9-17-21(3,19)20;/h4-7,10,17H,8-9H2,1-3H3,(H2,15,16,18);1H. The van der Waals surface area contributed by atoms with Crippen molar-refractivity contribution in [2.24, 2.45) is 4.99 Å². The number of nitrogens with zero attached hydrogens (tertiary/aromatic N) is 1. The van der Waals surface area contributed by atoms with Crippen LogP contribution >= 0.6 is 35.6 Å². The van der Waals surface area contributed by atoms with E-state index in [0.29, 0.717) is 24.1 Å². The summed E-state index contributed by atoms with van der Waals surface area (Å²) in [7, 11) is -1.50. The van der Waals surface area contributed by atoms with Crippen LogP contribution in [0.1, 0.15) is 18.5 Å². The van der Waals surface area contributed by atoms with Crippen molar-refractivity contribution in [3.63, 3.8) is 0 Å². The minimum Gasteiger partial charge on any atom is -0.355 e. The topological polar surface area (TPSA) is 82.6 Å². The van der Waals surface area contributed by atoms with Gasteiger partial charge in [-0.05, 0) is 24.6 Å². The lowest BCUT2D eigenvalue weighted by atomic mass is 10.1. The van der Waals surface area contributed by atoms with Crippen LogP contribution < -0.4 is 15.4 Å². The van der Waals surface area contributed by atoms with Crippen molar-refractivity contribution in [1.29, 1.82) is 0 Å². The molecule has 0 radical (unpaired) electrons. The van der Waals surface area contributed by atoms with Crippen molar-refractivity contribution in [1.82, 2.24) is 15.4 Å². The zero-order valence-electron chi connectivity index (χ0n) is 12.8. The van der Waals surface area contributed by atoms with Crippen LogP contribution in [0.5, 0.6) is 0 Å². The van der Waals surface area contributed by atoms with Crippen molar-refractivity contribution in [2.45, 2.75) is 13.0 Å². The van der Waals surface area contributed by atoms with Crippen LogP contribution in [0.15, 0.2) is 29.3 Å². The summed E-state index contributed by atoms with van der Waals surface area (Å²) in [4.78, 5) is 4.10. The highest BCUT2D eigenvalue weighted by Crippen LogP contribution is 2.15. The van der Waals surface area contributed by atoms with Crippen molar-refractivity contribution in [3.05, 3.63) is 34.9 Å². The number of hydrogen-bond donors (Lipinski definition) is 3. The Bertz CT molecular complexity index is 578. The van der Waals surface area contributed by atoms with E-state index in [2.05, 4.69) is 20.3 Å². The highest BCUT2D eigenvalue weighted by molar-refractivity contribution is 14.0. The minimum absolute atomic E-state index is 0. The number of benzene rings is 1. The second-order valence-electron chi connectivity index (χ2n) is 4.58. The Hall–Kier alpha value is -0.580. The molecule has 9 heteroatoms. The molecule has 0 heterocycles. The van der Waals surface area contributed by atoms with E-state index in [1.54, 1.807) is 7.05 Å². The molecule has 3 N–H and O–H groups in total.